The van der Waals surface area contributed by atoms with Crippen molar-refractivity contribution in [1.82, 2.24) is 9.55 Å². The van der Waals surface area contributed by atoms with Gasteiger partial charge in [0.05, 0.1) is 28.1 Å². The maximum absolute atomic E-state index is 6.65. The van der Waals surface area contributed by atoms with E-state index in [9.17, 15) is 0 Å². The standard InChI is InChI=1S/C52H38BN3O3/c1-52(2,3)34-27-28-54-43(29-34)39-18-5-4-17-38(39)40-19-6-9-22-44(40)56-33-55(45-23-10-11-24-46(45)56)35-15-14-16-36(30-35)57-37-31-49-51-50(32-37)59-48-26-13-8-21-42(48)53(51)41-20-7-12-25-47(41)58-49/h4-32H,1-3H3. The van der Waals surface area contributed by atoms with E-state index in [2.05, 4.69) is 151 Å². The Morgan fingerprint density at radius 1 is 0.593 bits per heavy atom. The monoisotopic (exact) mass is 763 g/mol. The van der Waals surface area contributed by atoms with Gasteiger partial charge in [0.1, 0.15) is 34.5 Å². The zero-order chi connectivity index (χ0) is 39.7. The van der Waals surface area contributed by atoms with Crippen molar-refractivity contribution >= 4 is 34.1 Å². The predicted octanol–water partition coefficient (Wildman–Crippen LogP) is 10.3. The summed E-state index contributed by atoms with van der Waals surface area (Å²) in [4.78, 5) is 4.85. The predicted molar refractivity (Wildman–Crippen MR) is 235 cm³/mol. The Balaban J connectivity index is 0.975. The Bertz CT molecular complexity index is 3040. The Hall–Kier alpha value is -7.38. The number of benzene rings is 7. The molecular weight excluding hydrogens is 725 g/mol. The van der Waals surface area contributed by atoms with Crippen LogP contribution in [-0.4, -0.2) is 16.3 Å². The number of para-hydroxylation sites is 5. The smallest absolute Gasteiger partial charge is 0.269 e. The van der Waals surface area contributed by atoms with Crippen LogP contribution >= 0.6 is 0 Å². The van der Waals surface area contributed by atoms with E-state index in [1.807, 2.05) is 60.8 Å². The molecule has 6 nitrogen and oxygen atoms in total. The van der Waals surface area contributed by atoms with Crippen molar-refractivity contribution in [2.75, 3.05) is 0 Å². The fraction of sp³-hybridized carbons (Fsp3) is 0.0769. The molecule has 9 aromatic rings. The van der Waals surface area contributed by atoms with Gasteiger partial charge in [0.25, 0.3) is 13.0 Å². The minimum absolute atomic E-state index is 0.00229. The second-order valence-electron chi connectivity index (χ2n) is 16.1. The number of fused-ring (bicyclic) bond motifs is 5. The van der Waals surface area contributed by atoms with Crippen LogP contribution in [-0.2, 0) is 5.41 Å². The summed E-state index contributed by atoms with van der Waals surface area (Å²) >= 11 is 0. The van der Waals surface area contributed by atoms with E-state index >= 15 is 0 Å². The normalized spacial score (nSPS) is 12.6. The summed E-state index contributed by atoms with van der Waals surface area (Å²) in [5.74, 6) is 4.44. The lowest BCUT2D eigenvalue weighted by molar-refractivity contribution is -0.571. The van der Waals surface area contributed by atoms with Crippen molar-refractivity contribution < 1.29 is 18.8 Å². The molecule has 282 valence electrons. The summed E-state index contributed by atoms with van der Waals surface area (Å²) < 4.78 is 23.9. The molecule has 0 saturated heterocycles. The third kappa shape index (κ3) is 5.97. The largest absolute Gasteiger partial charge is 0.458 e. The topological polar surface area (TPSA) is 49.4 Å². The first kappa shape index (κ1) is 34.8. The SMILES string of the molecule is CC(C)(C)c1ccnc(-c2ccccc2-c2ccccc2-[n+]2[c-]n(-c3cccc(Oc4cc5c6c(c4)Oc4ccccc4B6c4ccccc4O5)c3)c3ccccc32)c1. The van der Waals surface area contributed by atoms with Crippen LogP contribution in [0.15, 0.2) is 176 Å². The summed E-state index contributed by atoms with van der Waals surface area (Å²) in [6.07, 6.45) is 5.64. The molecular formula is C52H38BN3O3. The van der Waals surface area contributed by atoms with Gasteiger partial charge < -0.3 is 14.2 Å². The van der Waals surface area contributed by atoms with Gasteiger partial charge in [-0.25, -0.2) is 0 Å². The molecule has 7 heteroatoms. The maximum atomic E-state index is 6.65. The third-order valence-corrected chi connectivity index (χ3v) is 11.4. The second kappa shape index (κ2) is 13.6. The van der Waals surface area contributed by atoms with Gasteiger partial charge in [-0.3, -0.25) is 14.1 Å². The van der Waals surface area contributed by atoms with Gasteiger partial charge in [0.15, 0.2) is 0 Å². The van der Waals surface area contributed by atoms with Crippen molar-refractivity contribution in [2.24, 2.45) is 0 Å². The fourth-order valence-electron chi connectivity index (χ4n) is 8.56. The average molecular weight is 764 g/mol. The van der Waals surface area contributed by atoms with Crippen molar-refractivity contribution in [3.05, 3.63) is 188 Å². The lowest BCUT2D eigenvalue weighted by Crippen LogP contribution is -2.57. The minimum atomic E-state index is 0.00229. The lowest BCUT2D eigenvalue weighted by Gasteiger charge is -2.33. The number of hydrogen-bond acceptors (Lipinski definition) is 4. The van der Waals surface area contributed by atoms with Gasteiger partial charge in [0.2, 0.25) is 0 Å². The van der Waals surface area contributed by atoms with Crippen molar-refractivity contribution in [2.45, 2.75) is 26.2 Å². The Kier molecular flexibility index (Phi) is 8.05. The van der Waals surface area contributed by atoms with E-state index in [-0.39, 0.29) is 12.1 Å². The number of rotatable bonds is 6. The van der Waals surface area contributed by atoms with Crippen LogP contribution in [0.25, 0.3) is 44.8 Å². The molecule has 0 amide bonds. The molecule has 0 saturated carbocycles. The highest BCUT2D eigenvalue weighted by atomic mass is 16.5. The first-order chi connectivity index (χ1) is 28.9. The molecule has 2 aliphatic rings. The molecule has 59 heavy (non-hydrogen) atoms. The molecule has 0 spiro atoms. The Labute approximate surface area is 343 Å². The van der Waals surface area contributed by atoms with E-state index in [4.69, 9.17) is 19.2 Å². The van der Waals surface area contributed by atoms with E-state index < -0.39 is 0 Å². The van der Waals surface area contributed by atoms with Crippen LogP contribution in [0, 0.1) is 6.33 Å². The van der Waals surface area contributed by atoms with Crippen LogP contribution in [0.4, 0.5) is 0 Å². The second-order valence-corrected chi connectivity index (χ2v) is 16.1. The molecule has 0 atom stereocenters. The zero-order valence-corrected chi connectivity index (χ0v) is 32.9. The molecule has 0 N–H and O–H groups in total. The molecule has 0 fully saturated rings. The number of ether oxygens (including phenoxy) is 3. The molecule has 0 unspecified atom stereocenters. The van der Waals surface area contributed by atoms with Crippen molar-refractivity contribution in [1.29, 1.82) is 0 Å². The third-order valence-electron chi connectivity index (χ3n) is 11.4. The van der Waals surface area contributed by atoms with Gasteiger partial charge in [-0.2, -0.15) is 0 Å². The highest BCUT2D eigenvalue weighted by molar-refractivity contribution is 6.98. The lowest BCUT2D eigenvalue weighted by atomic mass is 9.35. The van der Waals surface area contributed by atoms with E-state index in [1.165, 1.54) is 5.56 Å². The molecule has 0 bridgehead atoms. The Morgan fingerprint density at radius 2 is 1.24 bits per heavy atom. The van der Waals surface area contributed by atoms with E-state index in [1.54, 1.807) is 0 Å². The van der Waals surface area contributed by atoms with Crippen LogP contribution in [0.1, 0.15) is 26.3 Å². The van der Waals surface area contributed by atoms with Gasteiger partial charge in [-0.1, -0.05) is 130 Å². The van der Waals surface area contributed by atoms with Crippen LogP contribution in [0.5, 0.6) is 34.5 Å². The zero-order valence-electron chi connectivity index (χ0n) is 32.9. The molecule has 2 aliphatic heterocycles. The van der Waals surface area contributed by atoms with Crippen LogP contribution in [0.3, 0.4) is 0 Å². The maximum Gasteiger partial charge on any atom is 0.269 e. The van der Waals surface area contributed by atoms with Crippen molar-refractivity contribution in [3.63, 3.8) is 0 Å². The number of hydrogen-bond donors (Lipinski definition) is 0. The average Bonchev–Trinajstić information content (AvgIpc) is 3.66. The molecule has 4 heterocycles. The quantitative estimate of drug-likeness (QED) is 0.0962. The summed E-state index contributed by atoms with van der Waals surface area (Å²) in [6, 6.07) is 58.3. The fourth-order valence-corrected chi connectivity index (χ4v) is 8.56. The van der Waals surface area contributed by atoms with Gasteiger partial charge in [-0.15, -0.1) is 0 Å². The molecule has 7 aromatic carbocycles. The van der Waals surface area contributed by atoms with Gasteiger partial charge in [0, 0.05) is 29.4 Å². The van der Waals surface area contributed by atoms with Gasteiger partial charge >= 0.3 is 0 Å². The first-order valence-electron chi connectivity index (χ1n) is 20.0. The number of aromatic nitrogens is 3. The van der Waals surface area contributed by atoms with E-state index in [0.717, 1.165) is 84.2 Å². The summed E-state index contributed by atoms with van der Waals surface area (Å²) in [5.41, 5.74) is 12.7. The minimum Gasteiger partial charge on any atom is -0.458 e. The van der Waals surface area contributed by atoms with Crippen LogP contribution < -0.4 is 35.2 Å². The van der Waals surface area contributed by atoms with Crippen molar-refractivity contribution in [3.8, 4) is 68.3 Å². The molecule has 11 rings (SSSR count). The molecule has 0 radical (unpaired) electrons. The number of pyridine rings is 1. The van der Waals surface area contributed by atoms with Crippen LogP contribution in [0.2, 0.25) is 0 Å². The summed E-state index contributed by atoms with van der Waals surface area (Å²) in [6.45, 7) is 6.71. The summed E-state index contributed by atoms with van der Waals surface area (Å²) in [5, 5.41) is 0. The first-order valence-corrected chi connectivity index (χ1v) is 20.0. The Morgan fingerprint density at radius 3 is 1.98 bits per heavy atom. The number of nitrogens with zero attached hydrogens (tertiary/aromatic N) is 3. The summed E-state index contributed by atoms with van der Waals surface area (Å²) in [7, 11) is 0. The highest BCUT2D eigenvalue weighted by Crippen LogP contribution is 2.40. The molecule has 0 aliphatic carbocycles. The molecule has 2 aromatic heterocycles. The number of imidazole rings is 1. The highest BCUT2D eigenvalue weighted by Gasteiger charge is 2.40. The van der Waals surface area contributed by atoms with Gasteiger partial charge in [-0.05, 0) is 81.6 Å². The van der Waals surface area contributed by atoms with E-state index in [0.29, 0.717) is 11.5 Å².